The summed E-state index contributed by atoms with van der Waals surface area (Å²) in [6.45, 7) is 9.13. The van der Waals surface area contributed by atoms with Gasteiger partial charge in [0.25, 0.3) is 0 Å². The van der Waals surface area contributed by atoms with Crippen molar-refractivity contribution in [3.63, 3.8) is 0 Å². The van der Waals surface area contributed by atoms with Crippen LogP contribution < -0.4 is 0 Å². The average Bonchev–Trinajstić information content (AvgIpc) is 2.37. The minimum absolute atomic E-state index is 0.572. The minimum atomic E-state index is -0.615. The van der Waals surface area contributed by atoms with E-state index in [1.165, 1.54) is 45.2 Å². The standard InChI is InChI=1S/C15H31NOS/c1-4-8-15(16-10-6-5-7-11-16)13-18(17)12-9-14(2)3/h14-15H,4-13H2,1-3H3. The third-order valence-corrected chi connectivity index (χ3v) is 5.28. The number of rotatable bonds is 8. The zero-order chi connectivity index (χ0) is 13.4. The fraction of sp³-hybridized carbons (Fsp3) is 1.00. The molecule has 0 radical (unpaired) electrons. The van der Waals surface area contributed by atoms with Crippen molar-refractivity contribution in [1.29, 1.82) is 0 Å². The highest BCUT2D eigenvalue weighted by Crippen LogP contribution is 2.17. The highest BCUT2D eigenvalue weighted by atomic mass is 32.2. The normalized spacial score (nSPS) is 21.1. The van der Waals surface area contributed by atoms with Crippen LogP contribution in [-0.2, 0) is 10.8 Å². The van der Waals surface area contributed by atoms with Crippen molar-refractivity contribution in [2.45, 2.75) is 65.3 Å². The van der Waals surface area contributed by atoms with Crippen molar-refractivity contribution >= 4 is 10.8 Å². The summed E-state index contributed by atoms with van der Waals surface area (Å²) in [6, 6.07) is 0.572. The molecule has 0 aromatic carbocycles. The summed E-state index contributed by atoms with van der Waals surface area (Å²) in [7, 11) is -0.615. The highest BCUT2D eigenvalue weighted by molar-refractivity contribution is 7.85. The van der Waals surface area contributed by atoms with Gasteiger partial charge in [0.2, 0.25) is 0 Å². The van der Waals surface area contributed by atoms with Crippen molar-refractivity contribution in [3.8, 4) is 0 Å². The van der Waals surface area contributed by atoms with Gasteiger partial charge in [0.1, 0.15) is 0 Å². The van der Waals surface area contributed by atoms with Gasteiger partial charge in [-0.3, -0.25) is 9.11 Å². The zero-order valence-electron chi connectivity index (χ0n) is 12.5. The molecular weight excluding hydrogens is 242 g/mol. The molecule has 18 heavy (non-hydrogen) atoms. The molecule has 0 N–H and O–H groups in total. The summed E-state index contributed by atoms with van der Waals surface area (Å²) in [6.07, 6.45) is 7.57. The highest BCUT2D eigenvalue weighted by Gasteiger charge is 2.21. The lowest BCUT2D eigenvalue weighted by Crippen LogP contribution is -2.42. The Labute approximate surface area is 116 Å². The van der Waals surface area contributed by atoms with Crippen molar-refractivity contribution < 1.29 is 4.21 Å². The van der Waals surface area contributed by atoms with Crippen molar-refractivity contribution in [2.24, 2.45) is 5.92 Å². The largest absolute Gasteiger partial charge is 0.299 e. The van der Waals surface area contributed by atoms with Gasteiger partial charge in [0, 0.05) is 28.3 Å². The molecule has 0 saturated carbocycles. The first kappa shape index (κ1) is 16.2. The fourth-order valence-electron chi connectivity index (χ4n) is 2.65. The summed E-state index contributed by atoms with van der Waals surface area (Å²) in [5.41, 5.74) is 0. The van der Waals surface area contributed by atoms with E-state index in [4.69, 9.17) is 0 Å². The molecule has 3 heteroatoms. The lowest BCUT2D eigenvalue weighted by Gasteiger charge is -2.34. The molecule has 0 spiro atoms. The van der Waals surface area contributed by atoms with E-state index >= 15 is 0 Å². The van der Waals surface area contributed by atoms with Crippen LogP contribution in [0.1, 0.15) is 59.3 Å². The first-order valence-corrected chi connectivity index (χ1v) is 9.21. The molecule has 1 heterocycles. The Morgan fingerprint density at radius 2 is 1.78 bits per heavy atom. The molecule has 0 aromatic heterocycles. The first-order valence-electron chi connectivity index (χ1n) is 7.72. The van der Waals surface area contributed by atoms with Gasteiger partial charge in [-0.05, 0) is 44.7 Å². The van der Waals surface area contributed by atoms with Crippen LogP contribution in [0.3, 0.4) is 0 Å². The van der Waals surface area contributed by atoms with Gasteiger partial charge < -0.3 is 0 Å². The zero-order valence-corrected chi connectivity index (χ0v) is 13.3. The second-order valence-electron chi connectivity index (χ2n) is 6.03. The lowest BCUT2D eigenvalue weighted by atomic mass is 10.1. The van der Waals surface area contributed by atoms with Crippen LogP contribution >= 0.6 is 0 Å². The van der Waals surface area contributed by atoms with E-state index in [9.17, 15) is 4.21 Å². The number of nitrogens with zero attached hydrogens (tertiary/aromatic N) is 1. The topological polar surface area (TPSA) is 20.3 Å². The fourth-order valence-corrected chi connectivity index (χ4v) is 4.36. The maximum absolute atomic E-state index is 12.2. The molecule has 0 aliphatic carbocycles. The van der Waals surface area contributed by atoms with E-state index < -0.39 is 10.8 Å². The molecule has 0 amide bonds. The summed E-state index contributed by atoms with van der Waals surface area (Å²) < 4.78 is 12.2. The first-order chi connectivity index (χ1) is 8.63. The van der Waals surface area contributed by atoms with Crippen LogP contribution in [-0.4, -0.2) is 39.7 Å². The number of likely N-dealkylation sites (tertiary alicyclic amines) is 1. The Kier molecular flexibility index (Phi) is 8.16. The smallest absolute Gasteiger partial charge is 0.0391 e. The number of hydrogen-bond acceptors (Lipinski definition) is 2. The van der Waals surface area contributed by atoms with E-state index in [1.54, 1.807) is 0 Å². The van der Waals surface area contributed by atoms with E-state index in [-0.39, 0.29) is 0 Å². The predicted molar refractivity (Wildman–Crippen MR) is 81.5 cm³/mol. The summed E-state index contributed by atoms with van der Waals surface area (Å²) >= 11 is 0. The van der Waals surface area contributed by atoms with Crippen molar-refractivity contribution in [1.82, 2.24) is 4.90 Å². The van der Waals surface area contributed by atoms with Gasteiger partial charge in [-0.1, -0.05) is 33.6 Å². The Bertz CT molecular complexity index is 237. The second-order valence-corrected chi connectivity index (χ2v) is 7.65. The van der Waals surface area contributed by atoms with Crippen LogP contribution in [0, 0.1) is 5.92 Å². The van der Waals surface area contributed by atoms with Gasteiger partial charge in [0.15, 0.2) is 0 Å². The van der Waals surface area contributed by atoms with E-state index in [1.807, 2.05) is 0 Å². The maximum Gasteiger partial charge on any atom is 0.0391 e. The maximum atomic E-state index is 12.2. The molecule has 1 rings (SSSR count). The number of piperidine rings is 1. The molecule has 1 saturated heterocycles. The molecule has 0 bridgehead atoms. The molecule has 2 unspecified atom stereocenters. The van der Waals surface area contributed by atoms with E-state index in [0.29, 0.717) is 12.0 Å². The van der Waals surface area contributed by atoms with Gasteiger partial charge >= 0.3 is 0 Å². The molecule has 1 fully saturated rings. The Morgan fingerprint density at radius 1 is 1.11 bits per heavy atom. The molecule has 108 valence electrons. The lowest BCUT2D eigenvalue weighted by molar-refractivity contribution is 0.168. The molecule has 0 aromatic rings. The van der Waals surface area contributed by atoms with Crippen LogP contribution in [0.25, 0.3) is 0 Å². The summed E-state index contributed by atoms with van der Waals surface area (Å²) in [5.74, 6) is 2.47. The van der Waals surface area contributed by atoms with Gasteiger partial charge in [-0.2, -0.15) is 0 Å². The third kappa shape index (κ3) is 6.33. The minimum Gasteiger partial charge on any atom is -0.299 e. The van der Waals surface area contributed by atoms with E-state index in [0.717, 1.165) is 17.9 Å². The SMILES string of the molecule is CCCC(CS(=O)CCC(C)C)N1CCCCC1. The monoisotopic (exact) mass is 273 g/mol. The molecule has 2 nitrogen and oxygen atoms in total. The van der Waals surface area contributed by atoms with Gasteiger partial charge in [0.05, 0.1) is 0 Å². The molecular formula is C15H31NOS. The average molecular weight is 273 g/mol. The van der Waals surface area contributed by atoms with Crippen LogP contribution in [0.5, 0.6) is 0 Å². The number of hydrogen-bond donors (Lipinski definition) is 0. The quantitative estimate of drug-likeness (QED) is 0.675. The Morgan fingerprint density at radius 3 is 2.33 bits per heavy atom. The second kappa shape index (κ2) is 9.08. The molecule has 2 atom stereocenters. The van der Waals surface area contributed by atoms with Crippen molar-refractivity contribution in [2.75, 3.05) is 24.6 Å². The Hall–Kier alpha value is 0.110. The predicted octanol–water partition coefficient (Wildman–Crippen LogP) is 3.44. The summed E-state index contributed by atoms with van der Waals surface area (Å²) in [5, 5.41) is 0. The van der Waals surface area contributed by atoms with E-state index in [2.05, 4.69) is 25.7 Å². The Balaban J connectivity index is 2.38. The van der Waals surface area contributed by atoms with Crippen molar-refractivity contribution in [3.05, 3.63) is 0 Å². The molecule has 1 aliphatic heterocycles. The van der Waals surface area contributed by atoms with Gasteiger partial charge in [-0.25, -0.2) is 0 Å². The van der Waals surface area contributed by atoms with Gasteiger partial charge in [-0.15, -0.1) is 0 Å². The van der Waals surface area contributed by atoms with Crippen LogP contribution in [0.4, 0.5) is 0 Å². The third-order valence-electron chi connectivity index (χ3n) is 3.83. The van der Waals surface area contributed by atoms with Crippen LogP contribution in [0.2, 0.25) is 0 Å². The molecule has 1 aliphatic rings. The summed E-state index contributed by atoms with van der Waals surface area (Å²) in [4.78, 5) is 2.60. The van der Waals surface area contributed by atoms with Crippen LogP contribution in [0.15, 0.2) is 0 Å².